The van der Waals surface area contributed by atoms with Crippen molar-refractivity contribution in [3.63, 3.8) is 0 Å². The number of terminal acetylenes is 1. The number of hydrogen-bond donors (Lipinski definition) is 1. The van der Waals surface area contributed by atoms with Crippen molar-refractivity contribution in [1.82, 2.24) is 10.3 Å². The Morgan fingerprint density at radius 3 is 2.64 bits per heavy atom. The fraction of sp³-hybridized carbons (Fsp3) is 0.286. The molecule has 0 spiro atoms. The Bertz CT molecular complexity index is 804. The molecule has 1 N–H and O–H groups in total. The lowest BCUT2D eigenvalue weighted by atomic mass is 10.1. The van der Waals surface area contributed by atoms with Crippen LogP contribution in [0.1, 0.15) is 22.8 Å². The number of carbonyl (C=O) groups is 1. The van der Waals surface area contributed by atoms with Gasteiger partial charge < -0.3 is 15.0 Å². The van der Waals surface area contributed by atoms with Gasteiger partial charge in [-0.1, -0.05) is 28.1 Å². The van der Waals surface area contributed by atoms with E-state index in [9.17, 15) is 4.79 Å². The molecule has 2 rings (SSSR count). The second-order valence-electron chi connectivity index (χ2n) is 5.61. The highest BCUT2D eigenvalue weighted by atomic mass is 79.9. The van der Waals surface area contributed by atoms with Gasteiger partial charge in [0, 0.05) is 30.8 Å². The predicted octanol–water partition coefficient (Wildman–Crippen LogP) is 3.56. The van der Waals surface area contributed by atoms with E-state index in [1.165, 1.54) is 0 Å². The summed E-state index contributed by atoms with van der Waals surface area (Å²) in [6.07, 6.45) is 12.0. The van der Waals surface area contributed by atoms with Crippen molar-refractivity contribution in [1.29, 1.82) is 0 Å². The monoisotopic (exact) mass is 444 g/mol. The van der Waals surface area contributed by atoms with Gasteiger partial charge in [0.15, 0.2) is 11.6 Å². The number of nitrogens with one attached hydrogen (secondary N) is 1. The average molecular weight is 445 g/mol. The van der Waals surface area contributed by atoms with Crippen LogP contribution in [0.15, 0.2) is 46.0 Å². The Morgan fingerprint density at radius 1 is 1.36 bits per heavy atom. The minimum Gasteiger partial charge on any atom is -0.493 e. The molecule has 0 saturated heterocycles. The highest BCUT2D eigenvalue weighted by molar-refractivity contribution is 9.10. The molecule has 1 amide bonds. The molecule has 0 aliphatic heterocycles. The summed E-state index contributed by atoms with van der Waals surface area (Å²) in [5.41, 5.74) is 1.62. The van der Waals surface area contributed by atoms with Crippen LogP contribution in [0.25, 0.3) is 0 Å². The summed E-state index contributed by atoms with van der Waals surface area (Å²) in [5, 5.41) is 2.91. The van der Waals surface area contributed by atoms with Crippen LogP contribution in [-0.2, 0) is 6.42 Å². The summed E-state index contributed by atoms with van der Waals surface area (Å²) >= 11 is 3.41. The van der Waals surface area contributed by atoms with Crippen LogP contribution in [0, 0.1) is 12.8 Å². The molecule has 0 aliphatic rings. The highest BCUT2D eigenvalue weighted by Gasteiger charge is 2.13. The largest absolute Gasteiger partial charge is 0.493 e. The first kappa shape index (κ1) is 23.2. The minimum absolute atomic E-state index is 0.177. The summed E-state index contributed by atoms with van der Waals surface area (Å²) < 4.78 is 6.41. The van der Waals surface area contributed by atoms with Gasteiger partial charge in [-0.15, -0.1) is 12.8 Å². The summed E-state index contributed by atoms with van der Waals surface area (Å²) in [4.78, 5) is 22.6. The number of hydrogen-bond acceptors (Lipinski definition) is 4. The van der Waals surface area contributed by atoms with E-state index in [2.05, 4.69) is 44.1 Å². The van der Waals surface area contributed by atoms with Crippen molar-refractivity contribution in [2.75, 3.05) is 32.1 Å². The van der Waals surface area contributed by atoms with E-state index in [0.29, 0.717) is 30.2 Å². The smallest absolute Gasteiger partial charge is 0.252 e. The van der Waals surface area contributed by atoms with Crippen LogP contribution < -0.4 is 15.0 Å². The van der Waals surface area contributed by atoms with Gasteiger partial charge in [-0.05, 0) is 37.1 Å². The summed E-state index contributed by atoms with van der Waals surface area (Å²) in [6, 6.07) is 9.73. The average Bonchev–Trinajstić information content (AvgIpc) is 2.74. The summed E-state index contributed by atoms with van der Waals surface area (Å²) in [6.45, 7) is 3.19. The van der Waals surface area contributed by atoms with E-state index in [1.54, 1.807) is 30.6 Å². The Kier molecular flexibility index (Phi) is 10.4. The number of methoxy groups -OCH3 is 1. The maximum absolute atomic E-state index is 12.4. The second kappa shape index (κ2) is 12.5. The lowest BCUT2D eigenvalue weighted by Crippen LogP contribution is -2.26. The fourth-order valence-electron chi connectivity index (χ4n) is 2.31. The first-order chi connectivity index (χ1) is 13.5. The molecular weight excluding hydrogens is 420 g/mol. The zero-order valence-electron chi connectivity index (χ0n) is 16.4. The molecule has 0 saturated carbocycles. The molecule has 7 heteroatoms. The van der Waals surface area contributed by atoms with Crippen LogP contribution >= 0.6 is 15.9 Å². The van der Waals surface area contributed by atoms with E-state index in [0.717, 1.165) is 16.5 Å². The molecule has 0 atom stereocenters. The van der Waals surface area contributed by atoms with Gasteiger partial charge >= 0.3 is 0 Å². The van der Waals surface area contributed by atoms with Crippen molar-refractivity contribution in [3.8, 4) is 18.6 Å². The molecule has 0 radical (unpaired) electrons. The molecule has 1 heterocycles. The van der Waals surface area contributed by atoms with Crippen LogP contribution in [0.4, 0.5) is 5.82 Å². The number of halogens is 1. The van der Waals surface area contributed by atoms with E-state index in [-0.39, 0.29) is 5.91 Å². The molecule has 1 aromatic heterocycles. The number of nitrogens with zero attached hydrogens (tertiary/aromatic N) is 3. The van der Waals surface area contributed by atoms with Crippen molar-refractivity contribution < 1.29 is 9.53 Å². The van der Waals surface area contributed by atoms with Crippen LogP contribution in [0.5, 0.6) is 5.75 Å². The molecule has 0 bridgehead atoms. The zero-order valence-corrected chi connectivity index (χ0v) is 17.9. The number of benzene rings is 1. The van der Waals surface area contributed by atoms with Gasteiger partial charge in [-0.3, -0.25) is 9.79 Å². The summed E-state index contributed by atoms with van der Waals surface area (Å²) in [5.74, 6) is 0.955. The summed E-state index contributed by atoms with van der Waals surface area (Å²) in [7, 11) is 3.39. The fourth-order valence-corrected chi connectivity index (χ4v) is 2.57. The molecular formula is C21H25BrN4O2. The highest BCUT2D eigenvalue weighted by Crippen LogP contribution is 2.25. The van der Waals surface area contributed by atoms with E-state index in [1.807, 2.05) is 38.2 Å². The lowest BCUT2D eigenvalue weighted by molar-refractivity contribution is 0.0953. The molecule has 0 aliphatic carbocycles. The first-order valence-corrected chi connectivity index (χ1v) is 9.47. The molecule has 2 aromatic rings. The SMILES string of the molecule is C#C.CCN=CN(C)c1ncc(C(=O)NCCc2ccc(Br)cc2)cc1OC. The van der Waals surface area contributed by atoms with Gasteiger partial charge in [-0.25, -0.2) is 4.98 Å². The second-order valence-corrected chi connectivity index (χ2v) is 6.52. The van der Waals surface area contributed by atoms with Crippen molar-refractivity contribution in [2.24, 2.45) is 4.99 Å². The van der Waals surface area contributed by atoms with Crippen molar-refractivity contribution >= 4 is 34.0 Å². The Labute approximate surface area is 175 Å². The third-order valence-corrected chi connectivity index (χ3v) is 4.23. The topological polar surface area (TPSA) is 66.8 Å². The van der Waals surface area contributed by atoms with Gasteiger partial charge in [0.1, 0.15) is 0 Å². The van der Waals surface area contributed by atoms with Gasteiger partial charge in [0.2, 0.25) is 0 Å². The van der Waals surface area contributed by atoms with Crippen LogP contribution in [0.3, 0.4) is 0 Å². The number of rotatable bonds is 8. The van der Waals surface area contributed by atoms with Crippen molar-refractivity contribution in [3.05, 3.63) is 52.1 Å². The van der Waals surface area contributed by atoms with Crippen LogP contribution in [-0.4, -0.2) is 44.5 Å². The van der Waals surface area contributed by atoms with Crippen molar-refractivity contribution in [2.45, 2.75) is 13.3 Å². The normalized spacial score (nSPS) is 10.1. The Morgan fingerprint density at radius 2 is 2.04 bits per heavy atom. The third kappa shape index (κ3) is 7.05. The number of anilines is 1. The number of pyridine rings is 1. The van der Waals surface area contributed by atoms with E-state index < -0.39 is 0 Å². The van der Waals surface area contributed by atoms with Gasteiger partial charge in [0.05, 0.1) is 19.0 Å². The minimum atomic E-state index is -0.177. The predicted molar refractivity (Wildman–Crippen MR) is 118 cm³/mol. The molecule has 28 heavy (non-hydrogen) atoms. The molecule has 1 aromatic carbocycles. The van der Waals surface area contributed by atoms with E-state index in [4.69, 9.17) is 4.74 Å². The lowest BCUT2D eigenvalue weighted by Gasteiger charge is -2.16. The molecule has 0 unspecified atom stereocenters. The molecule has 6 nitrogen and oxygen atoms in total. The maximum Gasteiger partial charge on any atom is 0.252 e. The van der Waals surface area contributed by atoms with E-state index >= 15 is 0 Å². The van der Waals surface area contributed by atoms with Gasteiger partial charge in [0.25, 0.3) is 5.91 Å². The number of amides is 1. The molecule has 148 valence electrons. The number of aliphatic imine (C=N–C) groups is 1. The molecule has 0 fully saturated rings. The van der Waals surface area contributed by atoms with Gasteiger partial charge in [-0.2, -0.15) is 0 Å². The number of carbonyl (C=O) groups excluding carboxylic acids is 1. The zero-order chi connectivity index (χ0) is 20.9. The number of ether oxygens (including phenoxy) is 1. The Balaban J connectivity index is 0.00000190. The quantitative estimate of drug-likeness (QED) is 0.384. The first-order valence-electron chi connectivity index (χ1n) is 8.68. The number of aromatic nitrogens is 1. The van der Waals surface area contributed by atoms with Crippen LogP contribution in [0.2, 0.25) is 0 Å². The standard InChI is InChI=1S/C19H23BrN4O2.C2H2/c1-4-21-13-24(2)18-17(26-3)11-15(12-23-18)19(25)22-10-9-14-5-7-16(20)8-6-14;1-2/h5-8,11-13H,4,9-10H2,1-3H3,(H,22,25);1-2H. The maximum atomic E-state index is 12.4. The third-order valence-electron chi connectivity index (χ3n) is 3.70. The Hall–Kier alpha value is -2.85.